The molecule has 0 radical (unpaired) electrons. The number of rotatable bonds is 6. The van der Waals surface area contributed by atoms with Gasteiger partial charge in [0.15, 0.2) is 5.82 Å². The number of carboxylic acids is 1. The Bertz CT molecular complexity index is 584. The topological polar surface area (TPSA) is 101 Å². The van der Waals surface area contributed by atoms with Crippen molar-refractivity contribution >= 4 is 5.97 Å². The summed E-state index contributed by atoms with van der Waals surface area (Å²) in [6, 6.07) is 8.72. The molecule has 20 heavy (non-hydrogen) atoms. The van der Waals surface area contributed by atoms with Crippen LogP contribution in [-0.2, 0) is 23.7 Å². The van der Waals surface area contributed by atoms with Crippen molar-refractivity contribution in [1.29, 1.82) is 0 Å². The predicted octanol–water partition coefficient (Wildman–Crippen LogP) is 0.158. The standard InChI is InChI=1S/C13H16N4O3/c1-17-15-11(14-16-17)7-8-13(9-18,12(19)20)10-5-3-2-4-6-10/h2-6,18H,7-9H2,1H3,(H,19,20). The maximum atomic E-state index is 11.7. The molecule has 0 aliphatic rings. The van der Waals surface area contributed by atoms with Crippen LogP contribution in [0.4, 0.5) is 0 Å². The molecule has 1 unspecified atom stereocenters. The number of hydrogen-bond donors (Lipinski definition) is 2. The molecule has 1 aromatic carbocycles. The van der Waals surface area contributed by atoms with Crippen LogP contribution in [0.25, 0.3) is 0 Å². The second-order valence-electron chi connectivity index (χ2n) is 4.61. The van der Waals surface area contributed by atoms with E-state index in [2.05, 4.69) is 15.4 Å². The highest BCUT2D eigenvalue weighted by Gasteiger charge is 2.39. The van der Waals surface area contributed by atoms with E-state index in [1.807, 2.05) is 0 Å². The maximum absolute atomic E-state index is 11.7. The smallest absolute Gasteiger partial charge is 0.316 e. The molecule has 7 heteroatoms. The predicted molar refractivity (Wildman–Crippen MR) is 70.0 cm³/mol. The second-order valence-corrected chi connectivity index (χ2v) is 4.61. The monoisotopic (exact) mass is 276 g/mol. The van der Waals surface area contributed by atoms with Crippen molar-refractivity contribution < 1.29 is 15.0 Å². The van der Waals surface area contributed by atoms with Gasteiger partial charge in [0.1, 0.15) is 5.41 Å². The molecule has 0 spiro atoms. The van der Waals surface area contributed by atoms with Crippen LogP contribution < -0.4 is 0 Å². The molecular weight excluding hydrogens is 260 g/mol. The lowest BCUT2D eigenvalue weighted by atomic mass is 9.77. The number of aromatic nitrogens is 4. The summed E-state index contributed by atoms with van der Waals surface area (Å²) in [5.41, 5.74) is -0.778. The first-order chi connectivity index (χ1) is 9.58. The molecule has 7 nitrogen and oxygen atoms in total. The summed E-state index contributed by atoms with van der Waals surface area (Å²) in [5, 5.41) is 30.7. The first kappa shape index (κ1) is 14.1. The van der Waals surface area contributed by atoms with E-state index in [1.54, 1.807) is 37.4 Å². The Morgan fingerprint density at radius 2 is 2.05 bits per heavy atom. The molecule has 2 aromatic rings. The van der Waals surface area contributed by atoms with E-state index in [0.29, 0.717) is 17.8 Å². The molecule has 0 saturated heterocycles. The quantitative estimate of drug-likeness (QED) is 0.779. The molecule has 0 bridgehead atoms. The summed E-state index contributed by atoms with van der Waals surface area (Å²) in [5.74, 6) is -0.599. The molecule has 1 atom stereocenters. The number of tetrazole rings is 1. The van der Waals surface area contributed by atoms with Gasteiger partial charge in [0, 0.05) is 6.42 Å². The second kappa shape index (κ2) is 5.79. The summed E-state index contributed by atoms with van der Waals surface area (Å²) in [6.07, 6.45) is 0.532. The van der Waals surface area contributed by atoms with Gasteiger partial charge >= 0.3 is 5.97 Å². The van der Waals surface area contributed by atoms with Crippen molar-refractivity contribution in [2.45, 2.75) is 18.3 Å². The summed E-state index contributed by atoms with van der Waals surface area (Å²) >= 11 is 0. The molecular formula is C13H16N4O3. The van der Waals surface area contributed by atoms with Crippen LogP contribution in [-0.4, -0.2) is 43.0 Å². The van der Waals surface area contributed by atoms with Gasteiger partial charge < -0.3 is 10.2 Å². The molecule has 2 N–H and O–H groups in total. The van der Waals surface area contributed by atoms with Gasteiger partial charge in [-0.2, -0.15) is 4.80 Å². The van der Waals surface area contributed by atoms with Gasteiger partial charge in [-0.1, -0.05) is 30.3 Å². The molecule has 1 heterocycles. The van der Waals surface area contributed by atoms with Gasteiger partial charge in [0.2, 0.25) is 0 Å². The number of aliphatic carboxylic acids is 1. The first-order valence-corrected chi connectivity index (χ1v) is 6.21. The Kier molecular flexibility index (Phi) is 4.09. The Balaban J connectivity index is 2.26. The summed E-state index contributed by atoms with van der Waals surface area (Å²) in [6.45, 7) is -0.480. The van der Waals surface area contributed by atoms with Gasteiger partial charge in [-0.3, -0.25) is 4.79 Å². The number of nitrogens with zero attached hydrogens (tertiary/aromatic N) is 4. The minimum atomic E-state index is -1.35. The van der Waals surface area contributed by atoms with E-state index in [9.17, 15) is 15.0 Å². The number of hydrogen-bond acceptors (Lipinski definition) is 5. The number of carboxylic acid groups (broad SMARTS) is 1. The zero-order valence-electron chi connectivity index (χ0n) is 11.1. The molecule has 2 rings (SSSR count). The van der Waals surface area contributed by atoms with E-state index in [0.717, 1.165) is 0 Å². The Hall–Kier alpha value is -2.28. The third-order valence-electron chi connectivity index (χ3n) is 3.33. The Morgan fingerprint density at radius 1 is 1.35 bits per heavy atom. The van der Waals surface area contributed by atoms with Crippen LogP contribution in [0.3, 0.4) is 0 Å². The molecule has 0 fully saturated rings. The van der Waals surface area contributed by atoms with Crippen LogP contribution in [0.5, 0.6) is 0 Å². The van der Waals surface area contributed by atoms with Crippen molar-refractivity contribution in [2.24, 2.45) is 7.05 Å². The van der Waals surface area contributed by atoms with E-state index in [4.69, 9.17) is 0 Å². The lowest BCUT2D eigenvalue weighted by Crippen LogP contribution is -2.40. The van der Waals surface area contributed by atoms with Crippen molar-refractivity contribution in [3.63, 3.8) is 0 Å². The van der Waals surface area contributed by atoms with Crippen LogP contribution in [0, 0.1) is 0 Å². The van der Waals surface area contributed by atoms with Gasteiger partial charge in [-0.05, 0) is 17.2 Å². The van der Waals surface area contributed by atoms with Crippen LogP contribution in [0.2, 0.25) is 0 Å². The average Bonchev–Trinajstić information content (AvgIpc) is 2.87. The molecule has 0 aliphatic heterocycles. The number of aliphatic hydroxyl groups excluding tert-OH is 1. The number of carbonyl (C=O) groups is 1. The minimum Gasteiger partial charge on any atom is -0.481 e. The Labute approximate surface area is 115 Å². The molecule has 0 saturated carbocycles. The summed E-state index contributed by atoms with van der Waals surface area (Å²) in [7, 11) is 1.64. The maximum Gasteiger partial charge on any atom is 0.316 e. The fourth-order valence-corrected chi connectivity index (χ4v) is 2.12. The van der Waals surface area contributed by atoms with Crippen molar-refractivity contribution in [1.82, 2.24) is 20.2 Å². The van der Waals surface area contributed by atoms with E-state index in [-0.39, 0.29) is 6.42 Å². The van der Waals surface area contributed by atoms with Crippen molar-refractivity contribution in [3.8, 4) is 0 Å². The lowest BCUT2D eigenvalue weighted by Gasteiger charge is -2.27. The minimum absolute atomic E-state index is 0.203. The largest absolute Gasteiger partial charge is 0.481 e. The van der Waals surface area contributed by atoms with E-state index < -0.39 is 18.0 Å². The van der Waals surface area contributed by atoms with Crippen LogP contribution in [0.15, 0.2) is 30.3 Å². The highest BCUT2D eigenvalue weighted by molar-refractivity contribution is 5.81. The van der Waals surface area contributed by atoms with E-state index in [1.165, 1.54) is 4.80 Å². The van der Waals surface area contributed by atoms with E-state index >= 15 is 0 Å². The number of benzene rings is 1. The summed E-state index contributed by atoms with van der Waals surface area (Å²) in [4.78, 5) is 13.0. The van der Waals surface area contributed by atoms with Gasteiger partial charge in [0.25, 0.3) is 0 Å². The van der Waals surface area contributed by atoms with Gasteiger partial charge in [-0.25, -0.2) is 0 Å². The third-order valence-corrected chi connectivity index (χ3v) is 3.33. The molecule has 106 valence electrons. The highest BCUT2D eigenvalue weighted by atomic mass is 16.4. The highest BCUT2D eigenvalue weighted by Crippen LogP contribution is 2.29. The molecule has 0 aliphatic carbocycles. The van der Waals surface area contributed by atoms with Gasteiger partial charge in [0.05, 0.1) is 13.7 Å². The van der Waals surface area contributed by atoms with Crippen LogP contribution >= 0.6 is 0 Å². The third kappa shape index (κ3) is 2.67. The SMILES string of the molecule is Cn1nnc(CCC(CO)(C(=O)O)c2ccccc2)n1. The van der Waals surface area contributed by atoms with Crippen molar-refractivity contribution in [2.75, 3.05) is 6.61 Å². The lowest BCUT2D eigenvalue weighted by molar-refractivity contribution is -0.146. The molecule has 1 aromatic heterocycles. The average molecular weight is 276 g/mol. The Morgan fingerprint density at radius 3 is 2.55 bits per heavy atom. The normalized spacial score (nSPS) is 13.9. The fourth-order valence-electron chi connectivity index (χ4n) is 2.12. The summed E-state index contributed by atoms with van der Waals surface area (Å²) < 4.78 is 0. The fraction of sp³-hybridized carbons (Fsp3) is 0.385. The van der Waals surface area contributed by atoms with Crippen LogP contribution in [0.1, 0.15) is 17.8 Å². The first-order valence-electron chi connectivity index (χ1n) is 6.21. The zero-order chi connectivity index (χ0) is 14.6. The van der Waals surface area contributed by atoms with Gasteiger partial charge in [-0.15, -0.1) is 10.2 Å². The molecule has 0 amide bonds. The number of aliphatic hydroxyl groups is 1. The number of aryl methyl sites for hydroxylation is 2. The van der Waals surface area contributed by atoms with Crippen molar-refractivity contribution in [3.05, 3.63) is 41.7 Å². The zero-order valence-corrected chi connectivity index (χ0v) is 11.1.